The Morgan fingerprint density at radius 2 is 1.72 bits per heavy atom. The molecule has 1 heterocycles. The number of benzene rings is 1. The number of aromatic nitrogens is 1. The van der Waals surface area contributed by atoms with Crippen molar-refractivity contribution in [2.75, 3.05) is 5.32 Å². The highest BCUT2D eigenvalue weighted by molar-refractivity contribution is 5.89. The van der Waals surface area contributed by atoms with Crippen molar-refractivity contribution in [1.82, 2.24) is 15.6 Å². The molecule has 0 saturated heterocycles. The van der Waals surface area contributed by atoms with Crippen molar-refractivity contribution in [3.05, 3.63) is 59.9 Å². The van der Waals surface area contributed by atoms with Crippen LogP contribution in [0.2, 0.25) is 0 Å². The van der Waals surface area contributed by atoms with Crippen LogP contribution in [0.15, 0.2) is 48.8 Å². The zero-order chi connectivity index (χ0) is 19.1. The van der Waals surface area contributed by atoms with Crippen molar-refractivity contribution in [1.29, 1.82) is 0 Å². The predicted molar refractivity (Wildman–Crippen MR) is 118 cm³/mol. The van der Waals surface area contributed by atoms with Gasteiger partial charge in [-0.2, -0.15) is 0 Å². The van der Waals surface area contributed by atoms with Gasteiger partial charge in [0.2, 0.25) is 5.91 Å². The number of pyridine rings is 1. The quantitative estimate of drug-likeness (QED) is 0.554. The van der Waals surface area contributed by atoms with Gasteiger partial charge in [-0.1, -0.05) is 12.1 Å². The Balaban J connectivity index is 0.00000210. The number of hydrogen-bond donors (Lipinski definition) is 4. The fourth-order valence-corrected chi connectivity index (χ4v) is 3.21. The van der Waals surface area contributed by atoms with Crippen LogP contribution in [0, 0.1) is 5.92 Å². The van der Waals surface area contributed by atoms with Crippen LogP contribution in [0.1, 0.15) is 30.4 Å². The molecule has 29 heavy (non-hydrogen) atoms. The third kappa shape index (κ3) is 7.89. The van der Waals surface area contributed by atoms with Crippen LogP contribution in [-0.2, 0) is 17.9 Å². The zero-order valence-corrected chi connectivity index (χ0v) is 17.6. The predicted octanol–water partition coefficient (Wildman–Crippen LogP) is 2.99. The number of hydrogen-bond acceptors (Lipinski definition) is 4. The van der Waals surface area contributed by atoms with Gasteiger partial charge in [-0.15, -0.1) is 24.8 Å². The minimum Gasteiger partial charge on any atom is -0.352 e. The van der Waals surface area contributed by atoms with E-state index in [4.69, 9.17) is 5.73 Å². The van der Waals surface area contributed by atoms with E-state index in [9.17, 15) is 9.59 Å². The lowest BCUT2D eigenvalue weighted by Crippen LogP contribution is -2.30. The number of nitrogens with two attached hydrogens (primary N) is 1. The van der Waals surface area contributed by atoms with E-state index in [2.05, 4.69) is 20.9 Å². The summed E-state index contributed by atoms with van der Waals surface area (Å²) < 4.78 is 0. The Hall–Kier alpha value is -2.35. The molecule has 1 aliphatic rings. The van der Waals surface area contributed by atoms with Gasteiger partial charge in [-0.25, -0.2) is 4.79 Å². The monoisotopic (exact) mass is 439 g/mol. The van der Waals surface area contributed by atoms with E-state index >= 15 is 0 Å². The molecule has 9 heteroatoms. The third-order valence-electron chi connectivity index (χ3n) is 4.70. The first kappa shape index (κ1) is 24.7. The Kier molecular flexibility index (Phi) is 10.4. The maximum Gasteiger partial charge on any atom is 0.319 e. The topological polar surface area (TPSA) is 109 Å². The Bertz CT molecular complexity index is 791. The molecular weight excluding hydrogens is 413 g/mol. The highest BCUT2D eigenvalue weighted by atomic mass is 35.5. The van der Waals surface area contributed by atoms with Gasteiger partial charge in [0.15, 0.2) is 0 Å². The van der Waals surface area contributed by atoms with E-state index in [1.807, 2.05) is 36.4 Å². The lowest BCUT2D eigenvalue weighted by Gasteiger charge is -2.12. The normalized spacial score (nSPS) is 17.4. The molecule has 2 aromatic rings. The number of rotatable bonds is 6. The van der Waals surface area contributed by atoms with Crippen LogP contribution in [0.25, 0.3) is 0 Å². The summed E-state index contributed by atoms with van der Waals surface area (Å²) in [4.78, 5) is 28.2. The molecule has 0 bridgehead atoms. The van der Waals surface area contributed by atoms with Gasteiger partial charge in [0.1, 0.15) is 0 Å². The van der Waals surface area contributed by atoms with Gasteiger partial charge in [-0.3, -0.25) is 9.78 Å². The van der Waals surface area contributed by atoms with E-state index in [0.29, 0.717) is 18.8 Å². The van der Waals surface area contributed by atoms with Crippen molar-refractivity contribution in [2.45, 2.75) is 38.4 Å². The molecule has 158 valence electrons. The largest absolute Gasteiger partial charge is 0.352 e. The van der Waals surface area contributed by atoms with Gasteiger partial charge in [0.25, 0.3) is 0 Å². The van der Waals surface area contributed by atoms with Crippen LogP contribution in [0.5, 0.6) is 0 Å². The molecule has 1 aromatic carbocycles. The highest BCUT2D eigenvalue weighted by Crippen LogP contribution is 2.24. The average molecular weight is 440 g/mol. The Morgan fingerprint density at radius 1 is 1.00 bits per heavy atom. The lowest BCUT2D eigenvalue weighted by atomic mass is 10.1. The minimum atomic E-state index is -0.284. The van der Waals surface area contributed by atoms with E-state index < -0.39 is 0 Å². The summed E-state index contributed by atoms with van der Waals surface area (Å²) in [6.45, 7) is 0.854. The number of nitrogens with zero attached hydrogens (tertiary/aromatic N) is 1. The van der Waals surface area contributed by atoms with Gasteiger partial charge < -0.3 is 21.7 Å². The molecule has 3 amide bonds. The smallest absolute Gasteiger partial charge is 0.319 e. The summed E-state index contributed by atoms with van der Waals surface area (Å²) in [5, 5.41) is 8.57. The second kappa shape index (κ2) is 12.3. The summed E-state index contributed by atoms with van der Waals surface area (Å²) >= 11 is 0. The fraction of sp³-hybridized carbons (Fsp3) is 0.350. The van der Waals surface area contributed by atoms with Crippen LogP contribution < -0.4 is 21.7 Å². The SMILES string of the molecule is Cl.Cl.NC1CCC(C(=O)NCc2cccc(NC(=O)NCc3ccncc3)c2)C1. The molecule has 3 rings (SSSR count). The summed E-state index contributed by atoms with van der Waals surface area (Å²) in [5.74, 6) is 0.0664. The van der Waals surface area contributed by atoms with Gasteiger partial charge >= 0.3 is 6.03 Å². The molecule has 1 aliphatic carbocycles. The molecule has 0 spiro atoms. The van der Waals surface area contributed by atoms with Crippen LogP contribution >= 0.6 is 24.8 Å². The van der Waals surface area contributed by atoms with E-state index in [1.165, 1.54) is 0 Å². The number of anilines is 1. The molecule has 7 nitrogen and oxygen atoms in total. The number of urea groups is 1. The summed E-state index contributed by atoms with van der Waals surface area (Å²) in [6, 6.07) is 11.0. The van der Waals surface area contributed by atoms with Crippen molar-refractivity contribution < 1.29 is 9.59 Å². The number of halogens is 2. The number of nitrogens with one attached hydrogen (secondary N) is 3. The third-order valence-corrected chi connectivity index (χ3v) is 4.70. The molecular formula is C20H27Cl2N5O2. The minimum absolute atomic E-state index is 0. The first-order valence-electron chi connectivity index (χ1n) is 9.16. The molecule has 5 N–H and O–H groups in total. The molecule has 1 fully saturated rings. The second-order valence-corrected chi connectivity index (χ2v) is 6.85. The molecule has 2 atom stereocenters. The van der Waals surface area contributed by atoms with Crippen molar-refractivity contribution in [3.63, 3.8) is 0 Å². The first-order valence-corrected chi connectivity index (χ1v) is 9.16. The van der Waals surface area contributed by atoms with Gasteiger partial charge in [-0.05, 0) is 54.7 Å². The van der Waals surface area contributed by atoms with E-state index in [1.54, 1.807) is 12.4 Å². The van der Waals surface area contributed by atoms with Crippen LogP contribution in [0.4, 0.5) is 10.5 Å². The molecule has 0 aliphatic heterocycles. The molecule has 2 unspecified atom stereocenters. The van der Waals surface area contributed by atoms with Gasteiger partial charge in [0.05, 0.1) is 0 Å². The average Bonchev–Trinajstić information content (AvgIpc) is 3.12. The second-order valence-electron chi connectivity index (χ2n) is 6.85. The maximum absolute atomic E-state index is 12.2. The highest BCUT2D eigenvalue weighted by Gasteiger charge is 2.27. The van der Waals surface area contributed by atoms with E-state index in [-0.39, 0.29) is 48.7 Å². The Morgan fingerprint density at radius 3 is 2.41 bits per heavy atom. The fourth-order valence-electron chi connectivity index (χ4n) is 3.21. The summed E-state index contributed by atoms with van der Waals surface area (Å²) in [7, 11) is 0. The van der Waals surface area contributed by atoms with Crippen molar-refractivity contribution in [3.8, 4) is 0 Å². The van der Waals surface area contributed by atoms with Crippen LogP contribution in [-0.4, -0.2) is 23.0 Å². The van der Waals surface area contributed by atoms with Crippen molar-refractivity contribution in [2.24, 2.45) is 11.7 Å². The standard InChI is InChI=1S/C20H25N5O2.2ClH/c21-17-5-4-16(11-17)19(26)23-13-15-2-1-3-18(10-15)25-20(27)24-12-14-6-8-22-9-7-14;;/h1-3,6-10,16-17H,4-5,11-13,21H2,(H,23,26)(H2,24,25,27);2*1H. The first-order chi connectivity index (χ1) is 13.1. The molecule has 0 radical (unpaired) electrons. The summed E-state index contributed by atoms with van der Waals surface area (Å²) in [5.41, 5.74) is 8.45. The zero-order valence-electron chi connectivity index (χ0n) is 16.0. The number of carbonyl (C=O) groups excluding carboxylic acids is 2. The number of carbonyl (C=O) groups is 2. The number of amides is 3. The van der Waals surface area contributed by atoms with Gasteiger partial charge in [0, 0.05) is 43.1 Å². The van der Waals surface area contributed by atoms with E-state index in [0.717, 1.165) is 30.4 Å². The molecule has 1 aromatic heterocycles. The lowest BCUT2D eigenvalue weighted by molar-refractivity contribution is -0.125. The van der Waals surface area contributed by atoms with Crippen molar-refractivity contribution >= 4 is 42.4 Å². The maximum atomic E-state index is 12.2. The van der Waals surface area contributed by atoms with Crippen LogP contribution in [0.3, 0.4) is 0 Å². The Labute approximate surface area is 183 Å². The molecule has 1 saturated carbocycles. The summed E-state index contributed by atoms with van der Waals surface area (Å²) in [6.07, 6.45) is 5.89.